The van der Waals surface area contributed by atoms with Gasteiger partial charge < -0.3 is 18.6 Å². The maximum absolute atomic E-state index is 14.3. The van der Waals surface area contributed by atoms with E-state index < -0.39 is 23.3 Å². The zero-order valence-corrected chi connectivity index (χ0v) is 16.4. The van der Waals surface area contributed by atoms with Crippen LogP contribution in [-0.4, -0.2) is 26.8 Å². The predicted molar refractivity (Wildman–Crippen MR) is 105 cm³/mol. The minimum Gasteiger partial charge on any atom is -0.493 e. The summed E-state index contributed by atoms with van der Waals surface area (Å²) in [7, 11) is 2.89. The average molecular weight is 400 g/mol. The second-order valence-corrected chi connectivity index (χ2v) is 6.30. The number of halogens is 1. The molecule has 3 rings (SSSR count). The molecule has 2 aromatic carbocycles. The monoisotopic (exact) mass is 400 g/mol. The number of carbonyl (C=O) groups excluding carboxylic acids is 1. The molecule has 0 spiro atoms. The third-order valence-electron chi connectivity index (χ3n) is 4.62. The molecular weight excluding hydrogens is 379 g/mol. The molecule has 0 bridgehead atoms. The predicted octanol–water partition coefficient (Wildman–Crippen LogP) is 3.84. The largest absolute Gasteiger partial charge is 0.493 e. The highest BCUT2D eigenvalue weighted by atomic mass is 19.1. The highest BCUT2D eigenvalue weighted by Crippen LogP contribution is 2.38. The molecule has 0 saturated carbocycles. The SMILES string of the molecule is CCOC(=O)[C@@H](Cc1ccccc1F)c1cc(=O)oc2c(OC)c(OC)ccc12. The smallest absolute Gasteiger partial charge is 0.336 e. The molecule has 1 heterocycles. The first-order valence-corrected chi connectivity index (χ1v) is 9.08. The third kappa shape index (κ3) is 4.08. The summed E-state index contributed by atoms with van der Waals surface area (Å²) in [6, 6.07) is 10.7. The lowest BCUT2D eigenvalue weighted by Gasteiger charge is -2.19. The summed E-state index contributed by atoms with van der Waals surface area (Å²) >= 11 is 0. The second-order valence-electron chi connectivity index (χ2n) is 6.30. The molecule has 152 valence electrons. The van der Waals surface area contributed by atoms with E-state index in [-0.39, 0.29) is 24.4 Å². The molecule has 6 nitrogen and oxygen atoms in total. The second kappa shape index (κ2) is 8.77. The Hall–Kier alpha value is -3.35. The number of benzene rings is 2. The van der Waals surface area contributed by atoms with Crippen molar-refractivity contribution in [3.63, 3.8) is 0 Å². The van der Waals surface area contributed by atoms with Crippen LogP contribution in [0.2, 0.25) is 0 Å². The molecular formula is C22H21FO6. The van der Waals surface area contributed by atoms with Crippen molar-refractivity contribution in [2.45, 2.75) is 19.3 Å². The van der Waals surface area contributed by atoms with Gasteiger partial charge >= 0.3 is 11.6 Å². The van der Waals surface area contributed by atoms with Gasteiger partial charge in [-0.1, -0.05) is 18.2 Å². The van der Waals surface area contributed by atoms with E-state index >= 15 is 0 Å². The lowest BCUT2D eigenvalue weighted by atomic mass is 9.89. The van der Waals surface area contributed by atoms with Gasteiger partial charge in [0.2, 0.25) is 5.75 Å². The quantitative estimate of drug-likeness (QED) is 0.443. The normalized spacial score (nSPS) is 11.9. The Labute approximate surface area is 166 Å². The molecule has 0 fully saturated rings. The van der Waals surface area contributed by atoms with Gasteiger partial charge in [0, 0.05) is 11.5 Å². The summed E-state index contributed by atoms with van der Waals surface area (Å²) in [6.07, 6.45) is 0.0262. The van der Waals surface area contributed by atoms with E-state index in [1.165, 1.54) is 26.4 Å². The van der Waals surface area contributed by atoms with Gasteiger partial charge in [-0.3, -0.25) is 4.79 Å². The van der Waals surface area contributed by atoms with E-state index in [4.69, 9.17) is 18.6 Å². The zero-order valence-electron chi connectivity index (χ0n) is 16.4. The van der Waals surface area contributed by atoms with Gasteiger partial charge in [0.25, 0.3) is 0 Å². The highest BCUT2D eigenvalue weighted by Gasteiger charge is 2.28. The van der Waals surface area contributed by atoms with Crippen LogP contribution in [0.25, 0.3) is 11.0 Å². The average Bonchev–Trinajstić information content (AvgIpc) is 2.71. The minimum atomic E-state index is -0.906. The van der Waals surface area contributed by atoms with Crippen LogP contribution < -0.4 is 15.1 Å². The first-order chi connectivity index (χ1) is 14.0. The fourth-order valence-corrected chi connectivity index (χ4v) is 3.30. The Morgan fingerprint density at radius 3 is 2.55 bits per heavy atom. The lowest BCUT2D eigenvalue weighted by Crippen LogP contribution is -2.20. The fraction of sp³-hybridized carbons (Fsp3) is 0.273. The summed E-state index contributed by atoms with van der Waals surface area (Å²) in [5.74, 6) is -1.29. The van der Waals surface area contributed by atoms with Crippen LogP contribution in [-0.2, 0) is 16.0 Å². The van der Waals surface area contributed by atoms with Crippen molar-refractivity contribution in [3.8, 4) is 11.5 Å². The number of hydrogen-bond acceptors (Lipinski definition) is 6. The van der Waals surface area contributed by atoms with Crippen molar-refractivity contribution in [1.82, 2.24) is 0 Å². The molecule has 0 aliphatic heterocycles. The first-order valence-electron chi connectivity index (χ1n) is 9.08. The topological polar surface area (TPSA) is 75.0 Å². The summed E-state index contributed by atoms with van der Waals surface area (Å²) < 4.78 is 35.4. The lowest BCUT2D eigenvalue weighted by molar-refractivity contribution is -0.144. The summed E-state index contributed by atoms with van der Waals surface area (Å²) in [5, 5.41) is 0.483. The number of esters is 1. The summed E-state index contributed by atoms with van der Waals surface area (Å²) in [4.78, 5) is 25.0. The van der Waals surface area contributed by atoms with E-state index in [0.29, 0.717) is 22.3 Å². The molecule has 0 saturated heterocycles. The zero-order chi connectivity index (χ0) is 21.0. The van der Waals surface area contributed by atoms with E-state index in [1.807, 2.05) is 0 Å². The molecule has 0 aliphatic carbocycles. The molecule has 0 amide bonds. The van der Waals surface area contributed by atoms with Crippen LogP contribution in [0.1, 0.15) is 24.0 Å². The fourth-order valence-electron chi connectivity index (χ4n) is 3.30. The third-order valence-corrected chi connectivity index (χ3v) is 4.62. The van der Waals surface area contributed by atoms with Crippen LogP contribution in [0, 0.1) is 5.82 Å². The molecule has 29 heavy (non-hydrogen) atoms. The number of rotatable bonds is 7. The van der Waals surface area contributed by atoms with E-state index in [9.17, 15) is 14.0 Å². The van der Waals surface area contributed by atoms with E-state index in [0.717, 1.165) is 0 Å². The van der Waals surface area contributed by atoms with Crippen molar-refractivity contribution >= 4 is 16.9 Å². The molecule has 7 heteroatoms. The molecule has 0 unspecified atom stereocenters. The highest BCUT2D eigenvalue weighted by molar-refractivity contribution is 5.92. The minimum absolute atomic E-state index is 0.0262. The Bertz CT molecular complexity index is 1090. The van der Waals surface area contributed by atoms with Crippen molar-refractivity contribution in [2.75, 3.05) is 20.8 Å². The number of hydrogen-bond donors (Lipinski definition) is 0. The number of ether oxygens (including phenoxy) is 3. The van der Waals surface area contributed by atoms with Crippen molar-refractivity contribution in [2.24, 2.45) is 0 Å². The number of fused-ring (bicyclic) bond motifs is 1. The number of carbonyl (C=O) groups is 1. The van der Waals surface area contributed by atoms with Gasteiger partial charge in [-0.15, -0.1) is 0 Å². The molecule has 0 N–H and O–H groups in total. The van der Waals surface area contributed by atoms with Crippen LogP contribution >= 0.6 is 0 Å². The van der Waals surface area contributed by atoms with Crippen molar-refractivity contribution < 1.29 is 27.8 Å². The molecule has 1 aromatic heterocycles. The Kier molecular flexibility index (Phi) is 6.16. The summed E-state index contributed by atoms with van der Waals surface area (Å²) in [5.41, 5.74) is 0.199. The molecule has 0 aliphatic rings. The van der Waals surface area contributed by atoms with Gasteiger partial charge in [-0.05, 0) is 42.7 Å². The Morgan fingerprint density at radius 1 is 1.14 bits per heavy atom. The van der Waals surface area contributed by atoms with E-state index in [1.54, 1.807) is 37.3 Å². The van der Waals surface area contributed by atoms with Gasteiger partial charge in [0.1, 0.15) is 5.82 Å². The van der Waals surface area contributed by atoms with Crippen LogP contribution in [0.5, 0.6) is 11.5 Å². The van der Waals surface area contributed by atoms with E-state index in [2.05, 4.69) is 0 Å². The standard InChI is InChI=1S/C22H21FO6/c1-4-28-22(25)16(11-13-7-5-6-8-17(13)23)15-12-19(24)29-20-14(15)9-10-18(26-2)21(20)27-3/h5-10,12,16H,4,11H2,1-3H3/t16-/m0/s1. The van der Waals surface area contributed by atoms with Crippen molar-refractivity contribution in [3.05, 3.63) is 69.8 Å². The van der Waals surface area contributed by atoms with Crippen molar-refractivity contribution in [1.29, 1.82) is 0 Å². The molecule has 3 aromatic rings. The molecule has 0 radical (unpaired) electrons. The Morgan fingerprint density at radius 2 is 1.90 bits per heavy atom. The van der Waals surface area contributed by atoms with Gasteiger partial charge in [0.05, 0.1) is 26.7 Å². The molecule has 1 atom stereocenters. The van der Waals surface area contributed by atoms with Crippen LogP contribution in [0.15, 0.2) is 51.7 Å². The first kappa shape index (κ1) is 20.4. The van der Waals surface area contributed by atoms with Gasteiger partial charge in [0.15, 0.2) is 11.3 Å². The van der Waals surface area contributed by atoms with Gasteiger partial charge in [-0.2, -0.15) is 0 Å². The maximum atomic E-state index is 14.3. The van der Waals surface area contributed by atoms with Crippen LogP contribution in [0.3, 0.4) is 0 Å². The Balaban J connectivity index is 2.23. The maximum Gasteiger partial charge on any atom is 0.336 e. The van der Waals surface area contributed by atoms with Crippen LogP contribution in [0.4, 0.5) is 4.39 Å². The van der Waals surface area contributed by atoms with Gasteiger partial charge in [-0.25, -0.2) is 9.18 Å². The summed E-state index contributed by atoms with van der Waals surface area (Å²) in [6.45, 7) is 1.84. The number of methoxy groups -OCH3 is 2.